The summed E-state index contributed by atoms with van der Waals surface area (Å²) in [5.74, 6) is 0.412. The molecule has 0 heterocycles. The van der Waals surface area contributed by atoms with E-state index in [9.17, 15) is 9.50 Å². The Balaban J connectivity index is 2.08. The van der Waals surface area contributed by atoms with E-state index in [0.29, 0.717) is 17.8 Å². The summed E-state index contributed by atoms with van der Waals surface area (Å²) < 4.78 is 14.2. The highest BCUT2D eigenvalue weighted by molar-refractivity contribution is 9.10. The number of benzene rings is 1. The molecule has 1 fully saturated rings. The molecule has 1 saturated carbocycles. The Morgan fingerprint density at radius 1 is 1.24 bits per heavy atom. The predicted molar refractivity (Wildman–Crippen MR) is 88.8 cm³/mol. The summed E-state index contributed by atoms with van der Waals surface area (Å²) in [4.78, 5) is 0. The molecular weight excluding hydrogens is 331 g/mol. The summed E-state index contributed by atoms with van der Waals surface area (Å²) in [5.41, 5.74) is 0.485. The first-order chi connectivity index (χ1) is 9.68. The van der Waals surface area contributed by atoms with Crippen molar-refractivity contribution in [2.24, 2.45) is 11.3 Å². The third-order valence-electron chi connectivity index (χ3n) is 4.83. The van der Waals surface area contributed by atoms with E-state index < -0.39 is 5.60 Å². The van der Waals surface area contributed by atoms with Crippen LogP contribution in [0.2, 0.25) is 0 Å². The monoisotopic (exact) mass is 356 g/mol. The molecule has 2 atom stereocenters. The molecule has 0 aliphatic heterocycles. The topological polar surface area (TPSA) is 20.2 Å². The standard InChI is InChI=1S/C18H26BrFO/c1-17(2,3)14-5-4-7-18(21,8-6-14)12-13-9-15(19)11-16(20)10-13/h9-11,14,21H,4-8,12H2,1-3H3. The van der Waals surface area contributed by atoms with Crippen LogP contribution in [0.4, 0.5) is 4.39 Å². The summed E-state index contributed by atoms with van der Waals surface area (Å²) in [6, 6.07) is 4.90. The van der Waals surface area contributed by atoms with Crippen molar-refractivity contribution in [2.75, 3.05) is 0 Å². The predicted octanol–water partition coefficient (Wildman–Crippen LogP) is 5.49. The second kappa shape index (κ2) is 6.37. The van der Waals surface area contributed by atoms with E-state index in [1.54, 1.807) is 0 Å². The highest BCUT2D eigenvalue weighted by Gasteiger charge is 2.34. The second-order valence-corrected chi connectivity index (χ2v) is 8.59. The zero-order valence-electron chi connectivity index (χ0n) is 13.3. The minimum absolute atomic E-state index is 0.246. The lowest BCUT2D eigenvalue weighted by atomic mass is 9.76. The van der Waals surface area contributed by atoms with Crippen LogP contribution in [0.25, 0.3) is 0 Å². The first-order valence-electron chi connectivity index (χ1n) is 7.85. The number of hydrogen-bond donors (Lipinski definition) is 1. The SMILES string of the molecule is CC(C)(C)C1CCCC(O)(Cc2cc(F)cc(Br)c2)CC1. The molecule has 1 aromatic carbocycles. The van der Waals surface area contributed by atoms with E-state index in [0.717, 1.165) is 35.7 Å². The Kier molecular flexibility index (Phi) is 5.15. The molecule has 2 unspecified atom stereocenters. The Morgan fingerprint density at radius 3 is 2.57 bits per heavy atom. The van der Waals surface area contributed by atoms with E-state index in [4.69, 9.17) is 0 Å². The molecule has 0 aromatic heterocycles. The van der Waals surface area contributed by atoms with Gasteiger partial charge in [0.25, 0.3) is 0 Å². The summed E-state index contributed by atoms with van der Waals surface area (Å²) >= 11 is 3.32. The number of halogens is 2. The maximum absolute atomic E-state index is 13.5. The van der Waals surface area contributed by atoms with Gasteiger partial charge < -0.3 is 5.11 Å². The first kappa shape index (κ1) is 17.0. The molecule has 118 valence electrons. The van der Waals surface area contributed by atoms with Crippen molar-refractivity contribution in [3.05, 3.63) is 34.1 Å². The molecule has 0 saturated heterocycles. The van der Waals surface area contributed by atoms with Gasteiger partial charge in [-0.2, -0.15) is 0 Å². The van der Waals surface area contributed by atoms with Crippen LogP contribution in [-0.4, -0.2) is 10.7 Å². The van der Waals surface area contributed by atoms with E-state index in [1.165, 1.54) is 18.6 Å². The Bertz CT molecular complexity index is 474. The van der Waals surface area contributed by atoms with Crippen molar-refractivity contribution < 1.29 is 9.50 Å². The van der Waals surface area contributed by atoms with Crippen LogP contribution in [-0.2, 0) is 6.42 Å². The van der Waals surface area contributed by atoms with Gasteiger partial charge in [-0.1, -0.05) is 43.1 Å². The minimum atomic E-state index is -0.687. The molecular formula is C18H26BrFO. The lowest BCUT2D eigenvalue weighted by molar-refractivity contribution is 0.0225. The smallest absolute Gasteiger partial charge is 0.124 e. The average molecular weight is 357 g/mol. The van der Waals surface area contributed by atoms with Gasteiger partial charge in [0.2, 0.25) is 0 Å². The van der Waals surface area contributed by atoms with Crippen LogP contribution >= 0.6 is 15.9 Å². The van der Waals surface area contributed by atoms with Gasteiger partial charge >= 0.3 is 0 Å². The molecule has 0 radical (unpaired) electrons. The van der Waals surface area contributed by atoms with Gasteiger partial charge in [0.05, 0.1) is 5.60 Å². The highest BCUT2D eigenvalue weighted by atomic mass is 79.9. The summed E-state index contributed by atoms with van der Waals surface area (Å²) in [6.45, 7) is 6.85. The van der Waals surface area contributed by atoms with Crippen LogP contribution in [0.15, 0.2) is 22.7 Å². The molecule has 1 nitrogen and oxygen atoms in total. The molecule has 21 heavy (non-hydrogen) atoms. The van der Waals surface area contributed by atoms with Crippen LogP contribution in [0.1, 0.15) is 58.4 Å². The van der Waals surface area contributed by atoms with Gasteiger partial charge in [0.1, 0.15) is 5.82 Å². The van der Waals surface area contributed by atoms with Crippen LogP contribution < -0.4 is 0 Å². The minimum Gasteiger partial charge on any atom is -0.390 e. The lowest BCUT2D eigenvalue weighted by Crippen LogP contribution is -2.31. The molecule has 1 N–H and O–H groups in total. The highest BCUT2D eigenvalue weighted by Crippen LogP contribution is 2.40. The van der Waals surface area contributed by atoms with Crippen molar-refractivity contribution in [1.29, 1.82) is 0 Å². The van der Waals surface area contributed by atoms with Crippen molar-refractivity contribution in [2.45, 2.75) is 64.9 Å². The molecule has 1 aromatic rings. The molecule has 0 spiro atoms. The zero-order valence-corrected chi connectivity index (χ0v) is 14.8. The fourth-order valence-corrected chi connectivity index (χ4v) is 4.04. The second-order valence-electron chi connectivity index (χ2n) is 7.67. The van der Waals surface area contributed by atoms with E-state index >= 15 is 0 Å². The molecule has 2 rings (SSSR count). The fraction of sp³-hybridized carbons (Fsp3) is 0.667. The van der Waals surface area contributed by atoms with Gasteiger partial charge in [-0.15, -0.1) is 0 Å². The van der Waals surface area contributed by atoms with Crippen LogP contribution in [0.5, 0.6) is 0 Å². The number of rotatable bonds is 2. The van der Waals surface area contributed by atoms with Gasteiger partial charge in [0, 0.05) is 10.9 Å². The summed E-state index contributed by atoms with van der Waals surface area (Å²) in [6.07, 6.45) is 5.45. The fourth-order valence-electron chi connectivity index (χ4n) is 3.53. The molecule has 1 aliphatic rings. The third kappa shape index (κ3) is 4.79. The quantitative estimate of drug-likeness (QED) is 0.694. The van der Waals surface area contributed by atoms with Crippen molar-refractivity contribution in [3.8, 4) is 0 Å². The van der Waals surface area contributed by atoms with Crippen molar-refractivity contribution >= 4 is 15.9 Å². The molecule has 1 aliphatic carbocycles. The summed E-state index contributed by atoms with van der Waals surface area (Å²) in [7, 11) is 0. The first-order valence-corrected chi connectivity index (χ1v) is 8.65. The zero-order chi connectivity index (χ0) is 15.7. The number of hydrogen-bond acceptors (Lipinski definition) is 1. The van der Waals surface area contributed by atoms with E-state index in [1.807, 2.05) is 6.07 Å². The van der Waals surface area contributed by atoms with Crippen molar-refractivity contribution in [1.82, 2.24) is 0 Å². The number of aliphatic hydroxyl groups is 1. The Hall–Kier alpha value is -0.410. The van der Waals surface area contributed by atoms with Gasteiger partial charge in [-0.3, -0.25) is 0 Å². The lowest BCUT2D eigenvalue weighted by Gasteiger charge is -2.31. The molecule has 3 heteroatoms. The maximum atomic E-state index is 13.5. The van der Waals surface area contributed by atoms with Crippen LogP contribution in [0.3, 0.4) is 0 Å². The Labute approximate surface area is 136 Å². The van der Waals surface area contributed by atoms with Gasteiger partial charge in [-0.25, -0.2) is 4.39 Å². The van der Waals surface area contributed by atoms with E-state index in [2.05, 4.69) is 36.7 Å². The summed E-state index contributed by atoms with van der Waals surface area (Å²) in [5, 5.41) is 10.9. The normalized spacial score (nSPS) is 27.4. The van der Waals surface area contributed by atoms with E-state index in [-0.39, 0.29) is 5.82 Å². The van der Waals surface area contributed by atoms with Crippen molar-refractivity contribution in [3.63, 3.8) is 0 Å². The average Bonchev–Trinajstić information content (AvgIpc) is 2.49. The van der Waals surface area contributed by atoms with Gasteiger partial charge in [-0.05, 0) is 60.8 Å². The molecule has 0 bridgehead atoms. The Morgan fingerprint density at radius 2 is 1.95 bits per heavy atom. The third-order valence-corrected chi connectivity index (χ3v) is 5.29. The van der Waals surface area contributed by atoms with Gasteiger partial charge in [0.15, 0.2) is 0 Å². The largest absolute Gasteiger partial charge is 0.390 e. The maximum Gasteiger partial charge on any atom is 0.124 e. The van der Waals surface area contributed by atoms with Crippen LogP contribution in [0, 0.1) is 17.2 Å². The molecule has 0 amide bonds.